The van der Waals surface area contributed by atoms with Gasteiger partial charge in [0, 0.05) is 5.71 Å². The molecule has 1 unspecified atom stereocenters. The first kappa shape index (κ1) is 6.92. The minimum absolute atomic E-state index is 0.0700. The van der Waals surface area contributed by atoms with Gasteiger partial charge in [-0.1, -0.05) is 0 Å². The first-order valence-electron chi connectivity index (χ1n) is 3.04. The zero-order valence-electron chi connectivity index (χ0n) is 5.96. The number of hydrogen-bond donors (Lipinski definition) is 1. The number of nitrogens with zero attached hydrogens (tertiary/aromatic N) is 2. The molecule has 2 N–H and O–H groups in total. The van der Waals surface area contributed by atoms with Gasteiger partial charge in [0.1, 0.15) is 0 Å². The van der Waals surface area contributed by atoms with Crippen molar-refractivity contribution >= 4 is 17.6 Å². The normalized spacial score (nSPS) is 25.8. The number of aliphatic imine (C=N–C) groups is 2. The maximum Gasteiger partial charge on any atom is 0.257 e. The highest BCUT2D eigenvalue weighted by Gasteiger charge is 2.19. The quantitative estimate of drug-likeness (QED) is 0.510. The van der Waals surface area contributed by atoms with Gasteiger partial charge in [-0.15, -0.1) is 0 Å². The Morgan fingerprint density at radius 1 is 1.50 bits per heavy atom. The van der Waals surface area contributed by atoms with Crippen molar-refractivity contribution in [1.82, 2.24) is 0 Å². The monoisotopic (exact) mass is 139 g/mol. The molecule has 1 aliphatic heterocycles. The number of carbonyl (C=O) groups is 1. The number of carbonyl (C=O) groups excluding carboxylic acids is 1. The van der Waals surface area contributed by atoms with Gasteiger partial charge < -0.3 is 5.73 Å². The molecule has 0 aromatic rings. The van der Waals surface area contributed by atoms with Gasteiger partial charge in [0.2, 0.25) is 5.96 Å². The number of nitrogens with two attached hydrogens (primary N) is 1. The van der Waals surface area contributed by atoms with Crippen molar-refractivity contribution in [1.29, 1.82) is 0 Å². The molecule has 0 aliphatic carbocycles. The summed E-state index contributed by atoms with van der Waals surface area (Å²) in [5, 5.41) is 0. The van der Waals surface area contributed by atoms with Crippen LogP contribution in [0.25, 0.3) is 0 Å². The van der Waals surface area contributed by atoms with Crippen LogP contribution in [-0.4, -0.2) is 17.6 Å². The lowest BCUT2D eigenvalue weighted by Crippen LogP contribution is -2.27. The van der Waals surface area contributed by atoms with Gasteiger partial charge in [-0.05, 0) is 13.8 Å². The van der Waals surface area contributed by atoms with Crippen LogP contribution in [0.2, 0.25) is 0 Å². The van der Waals surface area contributed by atoms with Crippen LogP contribution in [0.4, 0.5) is 0 Å². The summed E-state index contributed by atoms with van der Waals surface area (Å²) in [5.41, 5.74) is 5.95. The molecule has 0 saturated carbocycles. The Morgan fingerprint density at radius 2 is 2.10 bits per heavy atom. The van der Waals surface area contributed by atoms with Crippen molar-refractivity contribution in [2.24, 2.45) is 21.6 Å². The number of hydrogen-bond acceptors (Lipinski definition) is 3. The lowest BCUT2D eigenvalue weighted by Gasteiger charge is -2.10. The standard InChI is InChI=1S/C6H9N3O/c1-3-4(2)8-6(7)9-5(3)10/h3H,1-2H3,(H2,7,9,10). The van der Waals surface area contributed by atoms with Crippen LogP contribution in [0.3, 0.4) is 0 Å². The molecule has 0 aromatic carbocycles. The first-order chi connectivity index (χ1) is 4.61. The average molecular weight is 139 g/mol. The minimum atomic E-state index is -0.204. The van der Waals surface area contributed by atoms with E-state index in [0.717, 1.165) is 5.71 Å². The first-order valence-corrected chi connectivity index (χ1v) is 3.04. The molecular weight excluding hydrogens is 130 g/mol. The van der Waals surface area contributed by atoms with E-state index in [1.807, 2.05) is 0 Å². The summed E-state index contributed by atoms with van der Waals surface area (Å²) >= 11 is 0. The Hall–Kier alpha value is -1.19. The van der Waals surface area contributed by atoms with Crippen molar-refractivity contribution in [3.8, 4) is 0 Å². The Labute approximate surface area is 58.9 Å². The second-order valence-electron chi connectivity index (χ2n) is 2.28. The third-order valence-corrected chi connectivity index (χ3v) is 1.51. The lowest BCUT2D eigenvalue weighted by atomic mass is 10.1. The summed E-state index contributed by atoms with van der Waals surface area (Å²) in [6, 6.07) is 0. The Balaban J connectivity index is 2.95. The van der Waals surface area contributed by atoms with E-state index in [4.69, 9.17) is 5.73 Å². The molecule has 54 valence electrons. The highest BCUT2D eigenvalue weighted by Crippen LogP contribution is 2.06. The topological polar surface area (TPSA) is 67.8 Å². The summed E-state index contributed by atoms with van der Waals surface area (Å²) in [7, 11) is 0. The van der Waals surface area contributed by atoms with Crippen LogP contribution in [-0.2, 0) is 4.79 Å². The molecule has 0 bridgehead atoms. The molecule has 0 aromatic heterocycles. The molecule has 1 aliphatic rings. The van der Waals surface area contributed by atoms with E-state index in [2.05, 4.69) is 9.98 Å². The molecule has 10 heavy (non-hydrogen) atoms. The van der Waals surface area contributed by atoms with Gasteiger partial charge in [-0.25, -0.2) is 4.99 Å². The zero-order valence-corrected chi connectivity index (χ0v) is 5.96. The fraction of sp³-hybridized carbons (Fsp3) is 0.500. The molecule has 1 atom stereocenters. The number of guanidine groups is 1. The van der Waals surface area contributed by atoms with Gasteiger partial charge >= 0.3 is 0 Å². The summed E-state index contributed by atoms with van der Waals surface area (Å²) in [4.78, 5) is 18.2. The largest absolute Gasteiger partial charge is 0.368 e. The third-order valence-electron chi connectivity index (χ3n) is 1.51. The second-order valence-corrected chi connectivity index (χ2v) is 2.28. The van der Waals surface area contributed by atoms with Gasteiger partial charge in [-0.3, -0.25) is 4.79 Å². The average Bonchev–Trinajstić information content (AvgIpc) is 1.82. The Bertz CT molecular complexity index is 229. The molecule has 0 spiro atoms. The lowest BCUT2D eigenvalue weighted by molar-refractivity contribution is -0.119. The van der Waals surface area contributed by atoms with Gasteiger partial charge in [-0.2, -0.15) is 4.99 Å². The van der Waals surface area contributed by atoms with Crippen LogP contribution in [0.5, 0.6) is 0 Å². The fourth-order valence-corrected chi connectivity index (χ4v) is 0.691. The van der Waals surface area contributed by atoms with Crippen molar-refractivity contribution in [2.75, 3.05) is 0 Å². The van der Waals surface area contributed by atoms with Crippen molar-refractivity contribution < 1.29 is 4.79 Å². The van der Waals surface area contributed by atoms with Crippen molar-refractivity contribution in [3.05, 3.63) is 0 Å². The van der Waals surface area contributed by atoms with Crippen molar-refractivity contribution in [2.45, 2.75) is 13.8 Å². The molecule has 0 radical (unpaired) electrons. The molecule has 0 fully saturated rings. The number of amides is 1. The Morgan fingerprint density at radius 3 is 2.60 bits per heavy atom. The van der Waals surface area contributed by atoms with E-state index in [0.29, 0.717) is 0 Å². The predicted octanol–water partition coefficient (Wildman–Crippen LogP) is -0.0617. The molecule has 4 nitrogen and oxygen atoms in total. The highest BCUT2D eigenvalue weighted by molar-refractivity contribution is 6.14. The van der Waals surface area contributed by atoms with E-state index in [1.54, 1.807) is 13.8 Å². The SMILES string of the molecule is CC1=NC(N)=NC(=O)C1C. The predicted molar refractivity (Wildman–Crippen MR) is 38.9 cm³/mol. The molecule has 0 saturated heterocycles. The summed E-state index contributed by atoms with van der Waals surface area (Å²) in [6.07, 6.45) is 0. The highest BCUT2D eigenvalue weighted by atomic mass is 16.1. The molecule has 4 heteroatoms. The van der Waals surface area contributed by atoms with E-state index in [9.17, 15) is 4.79 Å². The maximum atomic E-state index is 10.9. The molecule has 1 amide bonds. The van der Waals surface area contributed by atoms with Crippen LogP contribution in [0.15, 0.2) is 9.98 Å². The molecular formula is C6H9N3O. The molecule has 1 rings (SSSR count). The van der Waals surface area contributed by atoms with Crippen LogP contribution >= 0.6 is 0 Å². The zero-order chi connectivity index (χ0) is 7.72. The summed E-state index contributed by atoms with van der Waals surface area (Å²) in [5.74, 6) is -0.335. The van der Waals surface area contributed by atoms with Gasteiger partial charge in [0.05, 0.1) is 5.92 Å². The number of rotatable bonds is 0. The van der Waals surface area contributed by atoms with Gasteiger partial charge in [0.25, 0.3) is 5.91 Å². The van der Waals surface area contributed by atoms with Crippen LogP contribution in [0.1, 0.15) is 13.8 Å². The summed E-state index contributed by atoms with van der Waals surface area (Å²) < 4.78 is 0. The van der Waals surface area contributed by atoms with Crippen LogP contribution in [0, 0.1) is 5.92 Å². The smallest absolute Gasteiger partial charge is 0.257 e. The van der Waals surface area contributed by atoms with E-state index in [1.165, 1.54) is 0 Å². The van der Waals surface area contributed by atoms with E-state index >= 15 is 0 Å². The second kappa shape index (κ2) is 2.21. The fourth-order valence-electron chi connectivity index (χ4n) is 0.691. The van der Waals surface area contributed by atoms with Gasteiger partial charge in [0.15, 0.2) is 0 Å². The minimum Gasteiger partial charge on any atom is -0.368 e. The summed E-state index contributed by atoms with van der Waals surface area (Å²) in [6.45, 7) is 3.53. The van der Waals surface area contributed by atoms with E-state index in [-0.39, 0.29) is 17.8 Å². The molecule has 1 heterocycles. The maximum absolute atomic E-state index is 10.9. The van der Waals surface area contributed by atoms with E-state index < -0.39 is 0 Å². The third kappa shape index (κ3) is 1.05. The van der Waals surface area contributed by atoms with Crippen molar-refractivity contribution in [3.63, 3.8) is 0 Å². The van der Waals surface area contributed by atoms with Crippen LogP contribution < -0.4 is 5.73 Å². The Kier molecular flexibility index (Phi) is 1.53.